The number of nitriles is 1. The van der Waals surface area contributed by atoms with Crippen molar-refractivity contribution in [1.82, 2.24) is 5.32 Å². The second-order valence-electron chi connectivity index (χ2n) is 4.99. The van der Waals surface area contributed by atoms with Gasteiger partial charge in [-0.3, -0.25) is 5.32 Å². The van der Waals surface area contributed by atoms with E-state index in [1.165, 1.54) is 0 Å². The van der Waals surface area contributed by atoms with Crippen LogP contribution in [-0.4, -0.2) is 18.7 Å². The van der Waals surface area contributed by atoms with Crippen LogP contribution in [0.1, 0.15) is 39.5 Å². The summed E-state index contributed by atoms with van der Waals surface area (Å²) in [5.74, 6) is 0.912. The molecule has 0 fully saturated rings. The van der Waals surface area contributed by atoms with Gasteiger partial charge >= 0.3 is 0 Å². The smallest absolute Gasteiger partial charge is 0.119 e. The first-order chi connectivity index (χ1) is 9.20. The maximum absolute atomic E-state index is 9.20. The molecule has 0 aromatic heterocycles. The third-order valence-corrected chi connectivity index (χ3v) is 3.09. The number of nitrogens with zero attached hydrogens (tertiary/aromatic N) is 1. The SMILES string of the molecule is CCCNC(C)(C#N)CCCCOc1ccccc1. The fraction of sp³-hybridized carbons (Fsp3) is 0.562. The summed E-state index contributed by atoms with van der Waals surface area (Å²) >= 11 is 0. The van der Waals surface area contributed by atoms with E-state index in [4.69, 9.17) is 4.74 Å². The fourth-order valence-corrected chi connectivity index (χ4v) is 1.87. The van der Waals surface area contributed by atoms with E-state index in [-0.39, 0.29) is 0 Å². The molecule has 19 heavy (non-hydrogen) atoms. The maximum atomic E-state index is 9.20. The summed E-state index contributed by atoms with van der Waals surface area (Å²) in [4.78, 5) is 0. The molecular formula is C16H24N2O. The Hall–Kier alpha value is -1.53. The molecule has 0 aliphatic rings. The highest BCUT2D eigenvalue weighted by Gasteiger charge is 2.21. The lowest BCUT2D eigenvalue weighted by Gasteiger charge is -2.22. The van der Waals surface area contributed by atoms with Gasteiger partial charge in [-0.25, -0.2) is 0 Å². The van der Waals surface area contributed by atoms with E-state index in [9.17, 15) is 5.26 Å². The molecule has 0 saturated carbocycles. The first-order valence-electron chi connectivity index (χ1n) is 7.04. The predicted octanol–water partition coefficient (Wildman–Crippen LogP) is 3.52. The molecule has 3 nitrogen and oxygen atoms in total. The zero-order chi connectivity index (χ0) is 14.0. The molecule has 0 aliphatic heterocycles. The Bertz CT molecular complexity index is 385. The standard InChI is InChI=1S/C16H24N2O/c1-3-12-18-16(2,14-17)11-7-8-13-19-15-9-5-4-6-10-15/h4-6,9-10,18H,3,7-8,11-13H2,1-2H3. The highest BCUT2D eigenvalue weighted by Crippen LogP contribution is 2.14. The third-order valence-electron chi connectivity index (χ3n) is 3.09. The Morgan fingerprint density at radius 3 is 2.63 bits per heavy atom. The number of hydrogen-bond acceptors (Lipinski definition) is 3. The molecule has 1 N–H and O–H groups in total. The van der Waals surface area contributed by atoms with Crippen LogP contribution in [0.2, 0.25) is 0 Å². The van der Waals surface area contributed by atoms with Gasteiger partial charge in [0.05, 0.1) is 12.7 Å². The molecule has 0 aliphatic carbocycles. The Kier molecular flexibility index (Phi) is 6.99. The Labute approximate surface area is 116 Å². The van der Waals surface area contributed by atoms with Crippen LogP contribution in [0.4, 0.5) is 0 Å². The molecule has 1 aromatic carbocycles. The number of para-hydroxylation sites is 1. The monoisotopic (exact) mass is 260 g/mol. The predicted molar refractivity (Wildman–Crippen MR) is 78.1 cm³/mol. The Balaban J connectivity index is 2.17. The molecule has 0 bridgehead atoms. The van der Waals surface area contributed by atoms with Gasteiger partial charge in [-0.1, -0.05) is 25.1 Å². The normalized spacial score (nSPS) is 13.5. The summed E-state index contributed by atoms with van der Waals surface area (Å²) in [5.41, 5.74) is -0.400. The minimum atomic E-state index is -0.400. The van der Waals surface area contributed by atoms with Gasteiger partial charge in [-0.2, -0.15) is 5.26 Å². The molecule has 1 aromatic rings. The first-order valence-corrected chi connectivity index (χ1v) is 7.04. The van der Waals surface area contributed by atoms with Crippen molar-refractivity contribution >= 4 is 0 Å². The van der Waals surface area contributed by atoms with Crippen molar-refractivity contribution < 1.29 is 4.74 Å². The van der Waals surface area contributed by atoms with Crippen molar-refractivity contribution in [2.45, 2.75) is 45.1 Å². The summed E-state index contributed by atoms with van der Waals surface area (Å²) in [5, 5.41) is 12.5. The van der Waals surface area contributed by atoms with Crippen molar-refractivity contribution in [2.75, 3.05) is 13.2 Å². The lowest BCUT2D eigenvalue weighted by atomic mass is 9.96. The number of hydrogen-bond donors (Lipinski definition) is 1. The van der Waals surface area contributed by atoms with Crippen LogP contribution in [0.15, 0.2) is 30.3 Å². The van der Waals surface area contributed by atoms with Crippen molar-refractivity contribution in [3.05, 3.63) is 30.3 Å². The van der Waals surface area contributed by atoms with Gasteiger partial charge in [0, 0.05) is 0 Å². The molecule has 104 valence electrons. The molecule has 0 radical (unpaired) electrons. The van der Waals surface area contributed by atoms with Crippen molar-refractivity contribution in [3.8, 4) is 11.8 Å². The maximum Gasteiger partial charge on any atom is 0.119 e. The number of ether oxygens (including phenoxy) is 1. The van der Waals surface area contributed by atoms with Crippen LogP contribution < -0.4 is 10.1 Å². The van der Waals surface area contributed by atoms with Crippen molar-refractivity contribution in [3.63, 3.8) is 0 Å². The Morgan fingerprint density at radius 2 is 2.00 bits per heavy atom. The van der Waals surface area contributed by atoms with Gasteiger partial charge in [0.15, 0.2) is 0 Å². The third kappa shape index (κ3) is 6.26. The molecule has 1 unspecified atom stereocenters. The van der Waals surface area contributed by atoms with Crippen molar-refractivity contribution in [1.29, 1.82) is 5.26 Å². The summed E-state index contributed by atoms with van der Waals surface area (Å²) in [7, 11) is 0. The van der Waals surface area contributed by atoms with E-state index in [0.29, 0.717) is 6.61 Å². The van der Waals surface area contributed by atoms with E-state index in [1.54, 1.807) is 0 Å². The number of rotatable bonds is 9. The number of benzene rings is 1. The average molecular weight is 260 g/mol. The van der Waals surface area contributed by atoms with Crippen LogP contribution >= 0.6 is 0 Å². The van der Waals surface area contributed by atoms with Crippen LogP contribution in [0.25, 0.3) is 0 Å². The molecule has 1 rings (SSSR count). The lowest BCUT2D eigenvalue weighted by molar-refractivity contribution is 0.295. The quantitative estimate of drug-likeness (QED) is 0.691. The van der Waals surface area contributed by atoms with Crippen LogP contribution in [0.3, 0.4) is 0 Å². The number of nitrogens with one attached hydrogen (secondary N) is 1. The fourth-order valence-electron chi connectivity index (χ4n) is 1.87. The van der Waals surface area contributed by atoms with E-state index in [0.717, 1.165) is 38.0 Å². The van der Waals surface area contributed by atoms with Gasteiger partial charge in [0.2, 0.25) is 0 Å². The van der Waals surface area contributed by atoms with E-state index in [1.807, 2.05) is 37.3 Å². The van der Waals surface area contributed by atoms with Gasteiger partial charge in [-0.15, -0.1) is 0 Å². The van der Waals surface area contributed by atoms with E-state index < -0.39 is 5.54 Å². The molecule has 0 amide bonds. The van der Waals surface area contributed by atoms with Crippen LogP contribution in [-0.2, 0) is 0 Å². The average Bonchev–Trinajstić information content (AvgIpc) is 2.46. The molecule has 3 heteroatoms. The van der Waals surface area contributed by atoms with Crippen LogP contribution in [0, 0.1) is 11.3 Å². The summed E-state index contributed by atoms with van der Waals surface area (Å²) in [6.45, 7) is 5.68. The Morgan fingerprint density at radius 1 is 1.26 bits per heavy atom. The van der Waals surface area contributed by atoms with Gasteiger partial charge in [0.25, 0.3) is 0 Å². The summed E-state index contributed by atoms with van der Waals surface area (Å²) < 4.78 is 5.63. The van der Waals surface area contributed by atoms with Gasteiger partial charge in [-0.05, 0) is 51.3 Å². The van der Waals surface area contributed by atoms with E-state index >= 15 is 0 Å². The molecule has 1 atom stereocenters. The zero-order valence-corrected chi connectivity index (χ0v) is 12.0. The minimum absolute atomic E-state index is 0.400. The molecule has 0 spiro atoms. The first kappa shape index (κ1) is 15.5. The molecule has 0 heterocycles. The highest BCUT2D eigenvalue weighted by molar-refractivity contribution is 5.20. The topological polar surface area (TPSA) is 45.0 Å². The van der Waals surface area contributed by atoms with Crippen LogP contribution in [0.5, 0.6) is 5.75 Å². The second kappa shape index (κ2) is 8.55. The zero-order valence-electron chi connectivity index (χ0n) is 12.0. The van der Waals surface area contributed by atoms with Gasteiger partial charge < -0.3 is 4.74 Å². The van der Waals surface area contributed by atoms with Gasteiger partial charge in [0.1, 0.15) is 11.3 Å². The largest absolute Gasteiger partial charge is 0.494 e. The van der Waals surface area contributed by atoms with E-state index in [2.05, 4.69) is 18.3 Å². The van der Waals surface area contributed by atoms with Crippen molar-refractivity contribution in [2.24, 2.45) is 0 Å². The lowest BCUT2D eigenvalue weighted by Crippen LogP contribution is -2.41. The molecule has 0 saturated heterocycles. The minimum Gasteiger partial charge on any atom is -0.494 e. The molecular weight excluding hydrogens is 236 g/mol. The summed E-state index contributed by atoms with van der Waals surface area (Å²) in [6.07, 6.45) is 3.88. The summed E-state index contributed by atoms with van der Waals surface area (Å²) in [6, 6.07) is 12.2. The highest BCUT2D eigenvalue weighted by atomic mass is 16.5. The second-order valence-corrected chi connectivity index (χ2v) is 4.99. The number of unbranched alkanes of at least 4 members (excludes halogenated alkanes) is 1.